The molecule has 0 heterocycles. The standard InChI is InChI=1S/C33H48N2O6/c1-3-5-6-7-8-9-10-11-12-13-14-15-16-17-18-19-20-21-22-25-31(37)35-29(33(39)40)24-23-28-34-30(36)26-27-32(38)41-4-2/h5-6,8-9,11-12,14-15,17-18,20-21,26-27,29H,3-4,7,10,13,16,19,22-25,28H2,1-2H3,(H,34,36)(H,35,37)(H,39,40)/t29-/m0/s1. The molecule has 0 radical (unpaired) electrons. The van der Waals surface area contributed by atoms with Gasteiger partial charge in [0.05, 0.1) is 6.61 Å². The maximum absolute atomic E-state index is 12.1. The van der Waals surface area contributed by atoms with Crippen LogP contribution < -0.4 is 10.6 Å². The molecule has 8 nitrogen and oxygen atoms in total. The number of carboxylic acids is 1. The third-order valence-corrected chi connectivity index (χ3v) is 5.39. The summed E-state index contributed by atoms with van der Waals surface area (Å²) in [6.07, 6.45) is 34.3. The molecule has 0 saturated carbocycles. The van der Waals surface area contributed by atoms with Gasteiger partial charge in [0.2, 0.25) is 11.8 Å². The summed E-state index contributed by atoms with van der Waals surface area (Å²) in [5, 5.41) is 14.4. The number of aliphatic carboxylic acids is 1. The van der Waals surface area contributed by atoms with Gasteiger partial charge in [0.1, 0.15) is 6.04 Å². The number of amides is 2. The quantitative estimate of drug-likeness (QED) is 0.0597. The maximum Gasteiger partial charge on any atom is 0.330 e. The van der Waals surface area contributed by atoms with Crippen LogP contribution in [0, 0.1) is 0 Å². The van der Waals surface area contributed by atoms with E-state index in [1.54, 1.807) is 6.92 Å². The first kappa shape index (κ1) is 37.1. The minimum atomic E-state index is -1.12. The molecule has 0 spiro atoms. The molecule has 0 aliphatic carbocycles. The Morgan fingerprint density at radius 1 is 0.732 bits per heavy atom. The molecule has 0 aliphatic heterocycles. The van der Waals surface area contributed by atoms with Crippen molar-refractivity contribution in [1.82, 2.24) is 10.6 Å². The van der Waals surface area contributed by atoms with Gasteiger partial charge in [-0.1, -0.05) is 79.8 Å². The number of nitrogens with one attached hydrogen (secondary N) is 2. The van der Waals surface area contributed by atoms with E-state index in [4.69, 9.17) is 0 Å². The zero-order chi connectivity index (χ0) is 30.4. The van der Waals surface area contributed by atoms with Crippen molar-refractivity contribution in [3.63, 3.8) is 0 Å². The Labute approximate surface area is 245 Å². The fourth-order valence-electron chi connectivity index (χ4n) is 3.29. The molecule has 0 rings (SSSR count). The fourth-order valence-corrected chi connectivity index (χ4v) is 3.29. The normalized spacial score (nSPS) is 13.0. The van der Waals surface area contributed by atoms with E-state index in [2.05, 4.69) is 83.1 Å². The minimum Gasteiger partial charge on any atom is -0.480 e. The monoisotopic (exact) mass is 568 g/mol. The molecule has 0 saturated heterocycles. The van der Waals surface area contributed by atoms with Crippen molar-refractivity contribution >= 4 is 23.8 Å². The highest BCUT2D eigenvalue weighted by Gasteiger charge is 2.19. The number of carbonyl (C=O) groups excluding carboxylic acids is 3. The maximum atomic E-state index is 12.1. The molecule has 0 aliphatic rings. The Morgan fingerprint density at radius 2 is 1.24 bits per heavy atom. The molecule has 0 bridgehead atoms. The van der Waals surface area contributed by atoms with E-state index in [-0.39, 0.29) is 31.9 Å². The number of ether oxygens (including phenoxy) is 1. The molecule has 8 heteroatoms. The lowest BCUT2D eigenvalue weighted by molar-refractivity contribution is -0.142. The first-order valence-electron chi connectivity index (χ1n) is 14.4. The number of hydrogen-bond donors (Lipinski definition) is 3. The summed E-state index contributed by atoms with van der Waals surface area (Å²) in [5.41, 5.74) is 0. The molecule has 0 aromatic rings. The van der Waals surface area contributed by atoms with Gasteiger partial charge in [-0.3, -0.25) is 9.59 Å². The molecule has 3 N–H and O–H groups in total. The van der Waals surface area contributed by atoms with Crippen molar-refractivity contribution < 1.29 is 29.0 Å². The Kier molecular flexibility index (Phi) is 25.0. The van der Waals surface area contributed by atoms with Gasteiger partial charge in [-0.05, 0) is 64.7 Å². The van der Waals surface area contributed by atoms with Gasteiger partial charge in [-0.2, -0.15) is 0 Å². The summed E-state index contributed by atoms with van der Waals surface area (Å²) >= 11 is 0. The highest BCUT2D eigenvalue weighted by molar-refractivity contribution is 5.94. The fraction of sp³-hybridized carbons (Fsp3) is 0.455. The summed E-state index contributed by atoms with van der Waals surface area (Å²) in [7, 11) is 0. The SMILES string of the molecule is CCC=CCC=CCC=CCC=CCC=CCC=CCCC(=O)N[C@@H](CCCNC(=O)C=CC(=O)OCC)C(=O)O. The van der Waals surface area contributed by atoms with Crippen LogP contribution in [0.25, 0.3) is 0 Å². The Morgan fingerprint density at radius 3 is 1.73 bits per heavy atom. The molecular weight excluding hydrogens is 520 g/mol. The second-order valence-corrected chi connectivity index (χ2v) is 8.93. The summed E-state index contributed by atoms with van der Waals surface area (Å²) in [6, 6.07) is -1.03. The van der Waals surface area contributed by atoms with Crippen molar-refractivity contribution in [1.29, 1.82) is 0 Å². The number of rotatable bonds is 23. The van der Waals surface area contributed by atoms with Gasteiger partial charge in [0.15, 0.2) is 0 Å². The molecule has 41 heavy (non-hydrogen) atoms. The smallest absolute Gasteiger partial charge is 0.330 e. The largest absolute Gasteiger partial charge is 0.480 e. The third-order valence-electron chi connectivity index (χ3n) is 5.39. The van der Waals surface area contributed by atoms with Crippen LogP contribution in [-0.2, 0) is 23.9 Å². The number of hydrogen-bond acceptors (Lipinski definition) is 5. The van der Waals surface area contributed by atoms with Crippen molar-refractivity contribution in [2.45, 2.75) is 84.1 Å². The zero-order valence-electron chi connectivity index (χ0n) is 24.6. The second-order valence-electron chi connectivity index (χ2n) is 8.93. The van der Waals surface area contributed by atoms with E-state index in [1.807, 2.05) is 12.2 Å². The number of esters is 1. The summed E-state index contributed by atoms with van der Waals surface area (Å²) in [6.45, 7) is 4.22. The average Bonchev–Trinajstić information content (AvgIpc) is 2.94. The molecule has 0 aromatic carbocycles. The van der Waals surface area contributed by atoms with Crippen LogP contribution in [0.5, 0.6) is 0 Å². The first-order chi connectivity index (χ1) is 19.9. The van der Waals surface area contributed by atoms with Crippen LogP contribution in [0.15, 0.2) is 85.1 Å². The summed E-state index contributed by atoms with van der Waals surface area (Å²) in [4.78, 5) is 46.4. The van der Waals surface area contributed by atoms with E-state index in [1.165, 1.54) is 0 Å². The Bertz CT molecular complexity index is 957. The van der Waals surface area contributed by atoms with Gasteiger partial charge in [-0.25, -0.2) is 9.59 Å². The van der Waals surface area contributed by atoms with E-state index >= 15 is 0 Å². The van der Waals surface area contributed by atoms with Crippen LogP contribution in [0.2, 0.25) is 0 Å². The van der Waals surface area contributed by atoms with Crippen LogP contribution >= 0.6 is 0 Å². The predicted octanol–water partition coefficient (Wildman–Crippen LogP) is 6.05. The van der Waals surface area contributed by atoms with Gasteiger partial charge in [-0.15, -0.1) is 0 Å². The summed E-state index contributed by atoms with van der Waals surface area (Å²) in [5.74, 6) is -2.55. The molecule has 1 atom stereocenters. The number of allylic oxidation sites excluding steroid dienone is 12. The highest BCUT2D eigenvalue weighted by Crippen LogP contribution is 2.01. The van der Waals surface area contributed by atoms with Gasteiger partial charge in [0, 0.05) is 25.1 Å². The van der Waals surface area contributed by atoms with Crippen molar-refractivity contribution in [3.8, 4) is 0 Å². The lowest BCUT2D eigenvalue weighted by Crippen LogP contribution is -2.41. The Balaban J connectivity index is 3.99. The molecule has 0 unspecified atom stereocenters. The zero-order valence-corrected chi connectivity index (χ0v) is 24.6. The molecule has 0 aromatic heterocycles. The van der Waals surface area contributed by atoms with E-state index in [0.29, 0.717) is 12.8 Å². The van der Waals surface area contributed by atoms with Gasteiger partial charge < -0.3 is 20.5 Å². The second kappa shape index (κ2) is 27.6. The van der Waals surface area contributed by atoms with Crippen molar-refractivity contribution in [3.05, 3.63) is 85.1 Å². The lowest BCUT2D eigenvalue weighted by Gasteiger charge is -2.14. The van der Waals surface area contributed by atoms with E-state index in [0.717, 1.165) is 50.7 Å². The van der Waals surface area contributed by atoms with E-state index in [9.17, 15) is 24.3 Å². The predicted molar refractivity (Wildman–Crippen MR) is 165 cm³/mol. The van der Waals surface area contributed by atoms with Crippen LogP contribution in [0.3, 0.4) is 0 Å². The van der Waals surface area contributed by atoms with Gasteiger partial charge in [0.25, 0.3) is 0 Å². The molecule has 2 amide bonds. The first-order valence-corrected chi connectivity index (χ1v) is 14.4. The van der Waals surface area contributed by atoms with Crippen LogP contribution in [-0.4, -0.2) is 48.1 Å². The van der Waals surface area contributed by atoms with E-state index < -0.39 is 23.9 Å². The minimum absolute atomic E-state index is 0.169. The van der Waals surface area contributed by atoms with Crippen LogP contribution in [0.4, 0.5) is 0 Å². The topological polar surface area (TPSA) is 122 Å². The third kappa shape index (κ3) is 26.1. The number of carbonyl (C=O) groups is 4. The highest BCUT2D eigenvalue weighted by atomic mass is 16.5. The molecule has 226 valence electrons. The Hall–Kier alpha value is -3.94. The molecular formula is C33H48N2O6. The van der Waals surface area contributed by atoms with Crippen LogP contribution in [0.1, 0.15) is 78.1 Å². The lowest BCUT2D eigenvalue weighted by atomic mass is 10.1. The number of carboxylic acid groups (broad SMARTS) is 1. The van der Waals surface area contributed by atoms with Gasteiger partial charge >= 0.3 is 11.9 Å². The summed E-state index contributed by atoms with van der Waals surface area (Å²) < 4.78 is 4.68. The molecule has 0 fully saturated rings. The average molecular weight is 569 g/mol. The van der Waals surface area contributed by atoms with Crippen molar-refractivity contribution in [2.75, 3.05) is 13.2 Å². The van der Waals surface area contributed by atoms with Crippen molar-refractivity contribution in [2.24, 2.45) is 0 Å².